The highest BCUT2D eigenvalue weighted by Gasteiger charge is 2.42. The number of aryl methyl sites for hydroxylation is 1. The number of ether oxygens (including phenoxy) is 2. The van der Waals surface area contributed by atoms with Crippen molar-refractivity contribution >= 4 is 11.9 Å². The highest BCUT2D eigenvalue weighted by atomic mass is 19.3. The highest BCUT2D eigenvalue weighted by molar-refractivity contribution is 5.74. The first-order valence-electron chi connectivity index (χ1n) is 6.79. The van der Waals surface area contributed by atoms with Crippen molar-refractivity contribution in [2.45, 2.75) is 38.5 Å². The molecule has 0 atom stereocenters. The molecular formula is C15H16F4O4. The molecule has 0 N–H and O–H groups in total. The summed E-state index contributed by atoms with van der Waals surface area (Å²) in [6.45, 7) is 0.187. The first-order valence-corrected chi connectivity index (χ1v) is 6.79. The number of carbonyl (C=O) groups excluding carboxylic acids is 2. The number of alkyl halides is 4. The minimum absolute atomic E-state index is 0.00375. The van der Waals surface area contributed by atoms with Crippen molar-refractivity contribution in [1.29, 1.82) is 0 Å². The molecule has 0 aliphatic heterocycles. The van der Waals surface area contributed by atoms with E-state index in [2.05, 4.69) is 4.74 Å². The lowest BCUT2D eigenvalue weighted by atomic mass is 10.2. The molecule has 0 saturated carbocycles. The number of benzene rings is 1. The zero-order valence-corrected chi connectivity index (χ0v) is 12.4. The Kier molecular flexibility index (Phi) is 6.99. The van der Waals surface area contributed by atoms with Crippen LogP contribution in [0.25, 0.3) is 0 Å². The average Bonchev–Trinajstić information content (AvgIpc) is 2.47. The molecular weight excluding hydrogens is 320 g/mol. The van der Waals surface area contributed by atoms with Gasteiger partial charge in [-0.05, 0) is 25.5 Å². The van der Waals surface area contributed by atoms with E-state index in [0.717, 1.165) is 5.56 Å². The summed E-state index contributed by atoms with van der Waals surface area (Å²) in [6.07, 6.45) is -4.37. The van der Waals surface area contributed by atoms with Gasteiger partial charge in [-0.3, -0.25) is 9.59 Å². The molecule has 0 heterocycles. The first kappa shape index (κ1) is 18.9. The number of hydrogen-bond acceptors (Lipinski definition) is 4. The van der Waals surface area contributed by atoms with E-state index in [1.165, 1.54) is 0 Å². The normalized spacial score (nSPS) is 11.4. The van der Waals surface area contributed by atoms with Crippen LogP contribution in [0.2, 0.25) is 0 Å². The van der Waals surface area contributed by atoms with Crippen LogP contribution >= 0.6 is 0 Å². The van der Waals surface area contributed by atoms with Gasteiger partial charge in [0.1, 0.15) is 5.75 Å². The van der Waals surface area contributed by atoms with E-state index < -0.39 is 30.9 Å². The van der Waals surface area contributed by atoms with Gasteiger partial charge in [-0.25, -0.2) is 8.78 Å². The molecule has 0 unspecified atom stereocenters. The number of hydrogen-bond donors (Lipinski definition) is 0. The lowest BCUT2D eigenvalue weighted by Gasteiger charge is -2.14. The second kappa shape index (κ2) is 8.50. The summed E-state index contributed by atoms with van der Waals surface area (Å²) in [5, 5.41) is 0. The zero-order chi connectivity index (χ0) is 17.5. The van der Waals surface area contributed by atoms with Gasteiger partial charge in [-0.15, -0.1) is 0 Å². The molecule has 1 aromatic carbocycles. The molecule has 1 rings (SSSR count). The predicted octanol–water partition coefficient (Wildman–Crippen LogP) is 3.51. The molecule has 0 amide bonds. The van der Waals surface area contributed by atoms with Crippen molar-refractivity contribution < 1.29 is 36.6 Å². The first-order chi connectivity index (χ1) is 10.7. The summed E-state index contributed by atoms with van der Waals surface area (Å²) in [4.78, 5) is 22.6. The largest absolute Gasteiger partial charge is 0.459 e. The lowest BCUT2D eigenvalue weighted by Crippen LogP contribution is -2.33. The molecule has 0 saturated heterocycles. The van der Waals surface area contributed by atoms with Crippen molar-refractivity contribution in [1.82, 2.24) is 0 Å². The standard InChI is InChI=1S/C15H16F4O4/c1-10-5-7-11(8-6-10)23-13(21)4-2-3-12(20)22-9-15(18,19)14(16)17/h5-8,14H,2-4,9H2,1H3. The third-order valence-electron chi connectivity index (χ3n) is 2.76. The number of carbonyl (C=O) groups is 2. The fraction of sp³-hybridized carbons (Fsp3) is 0.467. The van der Waals surface area contributed by atoms with Gasteiger partial charge in [0.25, 0.3) is 0 Å². The monoisotopic (exact) mass is 336 g/mol. The fourth-order valence-corrected chi connectivity index (χ4v) is 1.48. The smallest absolute Gasteiger partial charge is 0.340 e. The third-order valence-corrected chi connectivity index (χ3v) is 2.76. The van der Waals surface area contributed by atoms with Gasteiger partial charge in [0.15, 0.2) is 6.61 Å². The van der Waals surface area contributed by atoms with Crippen LogP contribution in [0.4, 0.5) is 17.6 Å². The van der Waals surface area contributed by atoms with Crippen molar-refractivity contribution in [2.24, 2.45) is 0 Å². The Balaban J connectivity index is 2.24. The van der Waals surface area contributed by atoms with Crippen LogP contribution in [0, 0.1) is 6.92 Å². The average molecular weight is 336 g/mol. The van der Waals surface area contributed by atoms with E-state index in [1.807, 2.05) is 6.92 Å². The van der Waals surface area contributed by atoms with E-state index in [4.69, 9.17) is 4.74 Å². The van der Waals surface area contributed by atoms with Crippen molar-refractivity contribution in [3.63, 3.8) is 0 Å². The molecule has 128 valence electrons. The molecule has 23 heavy (non-hydrogen) atoms. The maximum absolute atomic E-state index is 12.5. The summed E-state index contributed by atoms with van der Waals surface area (Å²) in [5.74, 6) is -5.70. The SMILES string of the molecule is Cc1ccc(OC(=O)CCCC(=O)OCC(F)(F)C(F)F)cc1. The van der Waals surface area contributed by atoms with E-state index in [9.17, 15) is 27.2 Å². The second-order valence-corrected chi connectivity index (χ2v) is 4.86. The van der Waals surface area contributed by atoms with Crippen LogP contribution in [0.3, 0.4) is 0 Å². The Bertz CT molecular complexity index is 529. The van der Waals surface area contributed by atoms with E-state index in [0.29, 0.717) is 5.75 Å². The number of rotatable bonds is 8. The maximum atomic E-state index is 12.5. The summed E-state index contributed by atoms with van der Waals surface area (Å²) < 4.78 is 57.8. The van der Waals surface area contributed by atoms with Gasteiger partial charge in [0.05, 0.1) is 0 Å². The minimum atomic E-state index is -4.37. The Labute approximate surface area is 130 Å². The highest BCUT2D eigenvalue weighted by Crippen LogP contribution is 2.23. The molecule has 4 nitrogen and oxygen atoms in total. The van der Waals surface area contributed by atoms with Gasteiger partial charge >= 0.3 is 24.3 Å². The summed E-state index contributed by atoms with van der Waals surface area (Å²) >= 11 is 0. The second-order valence-electron chi connectivity index (χ2n) is 4.86. The maximum Gasteiger partial charge on any atom is 0.340 e. The Morgan fingerprint density at radius 1 is 1.09 bits per heavy atom. The van der Waals surface area contributed by atoms with Crippen LogP contribution in [0.1, 0.15) is 24.8 Å². The van der Waals surface area contributed by atoms with Gasteiger partial charge in [-0.1, -0.05) is 17.7 Å². The molecule has 0 bridgehead atoms. The Hall–Kier alpha value is -2.12. The molecule has 0 aliphatic rings. The summed E-state index contributed by atoms with van der Waals surface area (Å²) in [6, 6.07) is 6.72. The molecule has 1 aromatic rings. The van der Waals surface area contributed by atoms with Crippen molar-refractivity contribution in [3.05, 3.63) is 29.8 Å². The number of halogens is 4. The summed E-state index contributed by atoms with van der Waals surface area (Å²) in [7, 11) is 0. The van der Waals surface area contributed by atoms with Gasteiger partial charge < -0.3 is 9.47 Å². The Morgan fingerprint density at radius 3 is 2.22 bits per heavy atom. The van der Waals surface area contributed by atoms with E-state index >= 15 is 0 Å². The topological polar surface area (TPSA) is 52.6 Å². The summed E-state index contributed by atoms with van der Waals surface area (Å²) in [5.41, 5.74) is 0.994. The van der Waals surface area contributed by atoms with E-state index in [1.54, 1.807) is 24.3 Å². The molecule has 0 fully saturated rings. The van der Waals surface area contributed by atoms with Gasteiger partial charge in [0.2, 0.25) is 0 Å². The van der Waals surface area contributed by atoms with Gasteiger partial charge in [-0.2, -0.15) is 8.78 Å². The molecule has 8 heteroatoms. The van der Waals surface area contributed by atoms with Crippen LogP contribution in [-0.2, 0) is 14.3 Å². The van der Waals surface area contributed by atoms with Gasteiger partial charge in [0, 0.05) is 12.8 Å². The zero-order valence-electron chi connectivity index (χ0n) is 12.4. The molecule has 0 spiro atoms. The van der Waals surface area contributed by atoms with Crippen LogP contribution < -0.4 is 4.74 Å². The fourth-order valence-electron chi connectivity index (χ4n) is 1.48. The molecule has 0 radical (unpaired) electrons. The molecule has 0 aromatic heterocycles. The van der Waals surface area contributed by atoms with E-state index in [-0.39, 0.29) is 19.3 Å². The van der Waals surface area contributed by atoms with Crippen LogP contribution in [-0.4, -0.2) is 30.9 Å². The third kappa shape index (κ3) is 7.12. The quantitative estimate of drug-likeness (QED) is 0.414. The van der Waals surface area contributed by atoms with Crippen LogP contribution in [0.5, 0.6) is 5.75 Å². The molecule has 0 aliphatic carbocycles. The van der Waals surface area contributed by atoms with Crippen molar-refractivity contribution in [3.8, 4) is 5.75 Å². The number of esters is 2. The Morgan fingerprint density at radius 2 is 1.65 bits per heavy atom. The minimum Gasteiger partial charge on any atom is -0.459 e. The van der Waals surface area contributed by atoms with Crippen LogP contribution in [0.15, 0.2) is 24.3 Å². The lowest BCUT2D eigenvalue weighted by molar-refractivity contribution is -0.179. The predicted molar refractivity (Wildman–Crippen MR) is 72.6 cm³/mol. The van der Waals surface area contributed by atoms with Crippen molar-refractivity contribution in [2.75, 3.05) is 6.61 Å².